The van der Waals surface area contributed by atoms with Gasteiger partial charge in [-0.25, -0.2) is 13.6 Å². The summed E-state index contributed by atoms with van der Waals surface area (Å²) in [7, 11) is 0. The Labute approximate surface area is 208 Å². The molecule has 2 unspecified atom stereocenters. The van der Waals surface area contributed by atoms with Crippen molar-refractivity contribution in [3.8, 4) is 0 Å². The van der Waals surface area contributed by atoms with E-state index in [1.807, 2.05) is 0 Å². The monoisotopic (exact) mass is 508 g/mol. The molecular formula is C27H34F2O7. The molecule has 4 saturated carbocycles. The van der Waals surface area contributed by atoms with Crippen LogP contribution in [-0.4, -0.2) is 58.3 Å². The number of allylic oxidation sites excluding steroid dienone is 3. The number of halogens is 2. The zero-order valence-corrected chi connectivity index (χ0v) is 20.8. The summed E-state index contributed by atoms with van der Waals surface area (Å²) in [4.78, 5) is 37.2. The predicted molar refractivity (Wildman–Crippen MR) is 123 cm³/mol. The van der Waals surface area contributed by atoms with Gasteiger partial charge in [0.05, 0.1) is 12.0 Å². The number of carbonyl (C=O) groups excluding carboxylic acids is 2. The second-order valence-corrected chi connectivity index (χ2v) is 12.0. The zero-order chi connectivity index (χ0) is 26.2. The van der Waals surface area contributed by atoms with Crippen molar-refractivity contribution in [1.29, 1.82) is 0 Å². The highest BCUT2D eigenvalue weighted by Crippen LogP contribution is 2.70. The van der Waals surface area contributed by atoms with Crippen molar-refractivity contribution >= 4 is 17.9 Å². The molecule has 10 atom stereocenters. The van der Waals surface area contributed by atoms with E-state index in [-0.39, 0.29) is 30.4 Å². The number of ketones is 1. The fourth-order valence-corrected chi connectivity index (χ4v) is 8.47. The van der Waals surface area contributed by atoms with E-state index in [0.29, 0.717) is 12.8 Å². The van der Waals surface area contributed by atoms with Gasteiger partial charge < -0.3 is 19.7 Å². The minimum atomic E-state index is -2.51. The van der Waals surface area contributed by atoms with Gasteiger partial charge in [0.15, 0.2) is 17.6 Å². The zero-order valence-electron chi connectivity index (χ0n) is 20.8. The molecule has 0 aromatic rings. The van der Waals surface area contributed by atoms with E-state index >= 15 is 8.78 Å². The molecule has 0 heterocycles. The van der Waals surface area contributed by atoms with Gasteiger partial charge >= 0.3 is 12.1 Å². The van der Waals surface area contributed by atoms with Gasteiger partial charge in [-0.2, -0.15) is 0 Å². The van der Waals surface area contributed by atoms with Gasteiger partial charge in [0.25, 0.3) is 0 Å². The molecule has 2 N–H and O–H groups in total. The van der Waals surface area contributed by atoms with Crippen LogP contribution in [-0.2, 0) is 19.1 Å². The lowest BCUT2D eigenvalue weighted by Gasteiger charge is -2.63. The van der Waals surface area contributed by atoms with Crippen LogP contribution in [0.5, 0.6) is 0 Å². The number of ether oxygens (including phenoxy) is 2. The van der Waals surface area contributed by atoms with Crippen LogP contribution < -0.4 is 0 Å². The second kappa shape index (κ2) is 8.36. The van der Waals surface area contributed by atoms with Crippen LogP contribution in [0.25, 0.3) is 0 Å². The number of hydrogen-bond donors (Lipinski definition) is 2. The molecule has 5 aliphatic rings. The van der Waals surface area contributed by atoms with Gasteiger partial charge in [-0.3, -0.25) is 9.59 Å². The lowest BCUT2D eigenvalue weighted by Crippen LogP contribution is -2.72. The maximum Gasteiger partial charge on any atom is 0.508 e. The van der Waals surface area contributed by atoms with Gasteiger partial charge in [0.1, 0.15) is 12.2 Å². The van der Waals surface area contributed by atoms with Crippen molar-refractivity contribution < 1.29 is 42.9 Å². The maximum atomic E-state index is 17.6. The summed E-state index contributed by atoms with van der Waals surface area (Å²) < 4.78 is 44.9. The first kappa shape index (κ1) is 25.4. The summed E-state index contributed by atoms with van der Waals surface area (Å²) in [6, 6.07) is 0. The maximum absolute atomic E-state index is 17.6. The highest BCUT2D eigenvalue weighted by molar-refractivity contribution is 6.01. The average Bonchev–Trinajstić information content (AvgIpc) is 3.38. The van der Waals surface area contributed by atoms with E-state index in [4.69, 9.17) is 9.47 Å². The van der Waals surface area contributed by atoms with Gasteiger partial charge in [0, 0.05) is 11.3 Å². The number of aliphatic hydroxyl groups excluding tert-OH is 1. The quantitative estimate of drug-likeness (QED) is 0.546. The highest BCUT2D eigenvalue weighted by Gasteiger charge is 2.76. The molecule has 0 aliphatic heterocycles. The average molecular weight is 509 g/mol. The number of aliphatic carboxylic acids is 1. The molecule has 0 spiro atoms. The van der Waals surface area contributed by atoms with E-state index in [1.165, 1.54) is 19.1 Å². The Morgan fingerprint density at radius 3 is 2.47 bits per heavy atom. The molecule has 198 valence electrons. The molecule has 4 fully saturated rings. The molecule has 36 heavy (non-hydrogen) atoms. The number of alkyl halides is 2. The number of carbonyl (C=O) groups is 3. The summed E-state index contributed by atoms with van der Waals surface area (Å²) in [6.07, 6.45) is -0.110. The fraction of sp³-hybridized carbons (Fsp3) is 0.741. The molecule has 0 saturated heterocycles. The van der Waals surface area contributed by atoms with Gasteiger partial charge in [-0.1, -0.05) is 19.9 Å². The molecular weight excluding hydrogens is 474 g/mol. The molecule has 5 aliphatic carbocycles. The van der Waals surface area contributed by atoms with Crippen molar-refractivity contribution in [2.75, 3.05) is 0 Å². The van der Waals surface area contributed by atoms with Gasteiger partial charge in [-0.15, -0.1) is 0 Å². The Balaban J connectivity index is 1.61. The third-order valence-electron chi connectivity index (χ3n) is 10.1. The Morgan fingerprint density at radius 1 is 1.17 bits per heavy atom. The van der Waals surface area contributed by atoms with E-state index in [2.05, 4.69) is 0 Å². The van der Waals surface area contributed by atoms with Crippen LogP contribution in [0.2, 0.25) is 0 Å². The third kappa shape index (κ3) is 3.33. The Hall–Kier alpha value is -2.29. The van der Waals surface area contributed by atoms with Gasteiger partial charge in [-0.05, 0) is 80.4 Å². The largest absolute Gasteiger partial charge is 0.508 e. The lowest BCUT2D eigenvalue weighted by atomic mass is 9.44. The lowest BCUT2D eigenvalue weighted by molar-refractivity contribution is -0.236. The van der Waals surface area contributed by atoms with E-state index < -0.39 is 70.5 Å². The van der Waals surface area contributed by atoms with Crippen LogP contribution in [0.3, 0.4) is 0 Å². The molecule has 0 radical (unpaired) electrons. The van der Waals surface area contributed by atoms with Crippen molar-refractivity contribution in [2.45, 2.75) is 89.4 Å². The summed E-state index contributed by atoms with van der Waals surface area (Å²) in [5.74, 6) is -4.83. The van der Waals surface area contributed by atoms with E-state index in [1.54, 1.807) is 13.8 Å². The first-order valence-corrected chi connectivity index (χ1v) is 12.9. The van der Waals surface area contributed by atoms with E-state index in [9.17, 15) is 24.6 Å². The van der Waals surface area contributed by atoms with Crippen molar-refractivity contribution in [3.05, 3.63) is 23.8 Å². The minimum absolute atomic E-state index is 0.146. The molecule has 5 rings (SSSR count). The second-order valence-electron chi connectivity index (χ2n) is 12.0. The van der Waals surface area contributed by atoms with Crippen LogP contribution in [0.1, 0.15) is 59.3 Å². The number of hydrogen-bond acceptors (Lipinski definition) is 6. The highest BCUT2D eigenvalue weighted by atomic mass is 19.1. The normalized spacial score (nSPS) is 48.0. The third-order valence-corrected chi connectivity index (χ3v) is 10.1. The fourth-order valence-electron chi connectivity index (χ4n) is 8.47. The van der Waals surface area contributed by atoms with Crippen molar-refractivity contribution in [2.24, 2.45) is 34.5 Å². The summed E-state index contributed by atoms with van der Waals surface area (Å²) in [6.45, 7) is 4.92. The number of rotatable bonds is 3. The van der Waals surface area contributed by atoms with Gasteiger partial charge in [0.2, 0.25) is 0 Å². The van der Waals surface area contributed by atoms with Crippen LogP contribution in [0, 0.1) is 34.5 Å². The molecule has 0 bridgehead atoms. The van der Waals surface area contributed by atoms with Crippen molar-refractivity contribution in [1.82, 2.24) is 0 Å². The smallest absolute Gasteiger partial charge is 0.481 e. The molecule has 7 nitrogen and oxygen atoms in total. The Kier molecular flexibility index (Phi) is 5.89. The molecule has 0 aromatic carbocycles. The Morgan fingerprint density at radius 2 is 1.83 bits per heavy atom. The Bertz CT molecular complexity index is 1040. The summed E-state index contributed by atoms with van der Waals surface area (Å²) in [5.41, 5.74) is -5.41. The first-order valence-electron chi connectivity index (χ1n) is 12.9. The van der Waals surface area contributed by atoms with E-state index in [0.717, 1.165) is 18.9 Å². The van der Waals surface area contributed by atoms with Crippen molar-refractivity contribution in [3.63, 3.8) is 0 Å². The standard InChI is InChI=1S/C27H34F2O7/c1-13-10-16-20-22(36-24(34)35-15-6-4-5-7-15)21(28)17-11-14(30)8-9-26(17,3)27(20,29)18(31)12-25(16,2)19(13)23(32)33/h8-9,11,13,15-16,18-22,31H,4-7,10,12H2,1-3H3,(H,32,33)/t13-,16+,18+,19+,20-,21-,22?,25+,26+,27?/m1/s1. The number of carboxylic acids is 1. The van der Waals surface area contributed by atoms with Crippen LogP contribution in [0.4, 0.5) is 13.6 Å². The number of aliphatic hydroxyl groups is 1. The first-order chi connectivity index (χ1) is 16.8. The van der Waals surface area contributed by atoms with Crippen LogP contribution >= 0.6 is 0 Å². The number of fused-ring (bicyclic) bond motifs is 5. The van der Waals surface area contributed by atoms with Crippen LogP contribution in [0.15, 0.2) is 23.8 Å². The SMILES string of the molecule is C[C@@H]1C[C@H]2[C@@H]3C(OC(=O)OC4CCCC4)[C@H](F)C4=CC(=O)C=C[C@]4(C)C3(F)[C@@H](O)C[C@]2(C)[C@@H]1C(=O)O. The molecule has 0 amide bonds. The minimum Gasteiger partial charge on any atom is -0.481 e. The molecule has 0 aromatic heterocycles. The molecule has 9 heteroatoms. The number of carboxylic acid groups (broad SMARTS) is 1. The topological polar surface area (TPSA) is 110 Å². The summed E-state index contributed by atoms with van der Waals surface area (Å²) in [5, 5.41) is 21.4. The predicted octanol–water partition coefficient (Wildman–Crippen LogP) is 4.33. The summed E-state index contributed by atoms with van der Waals surface area (Å²) >= 11 is 0.